The van der Waals surface area contributed by atoms with Crippen molar-refractivity contribution in [2.45, 2.75) is 6.42 Å². The predicted octanol–water partition coefficient (Wildman–Crippen LogP) is 3.81. The molecule has 8 heteroatoms. The van der Waals surface area contributed by atoms with E-state index in [1.165, 1.54) is 0 Å². The van der Waals surface area contributed by atoms with Gasteiger partial charge in [0.05, 0.1) is 17.8 Å². The maximum absolute atomic E-state index is 12.2. The van der Waals surface area contributed by atoms with Crippen LogP contribution < -0.4 is 15.6 Å². The van der Waals surface area contributed by atoms with E-state index in [1.54, 1.807) is 25.3 Å². The first kappa shape index (κ1) is 17.3. The number of nitrogens with zero attached hydrogens (tertiary/aromatic N) is 2. The van der Waals surface area contributed by atoms with Crippen molar-refractivity contribution >= 4 is 34.8 Å². The van der Waals surface area contributed by atoms with Crippen molar-refractivity contribution < 1.29 is 4.74 Å². The van der Waals surface area contributed by atoms with Crippen molar-refractivity contribution in [3.05, 3.63) is 74.1 Å². The van der Waals surface area contributed by atoms with Gasteiger partial charge >= 0.3 is 0 Å². The number of aromatic nitrogens is 3. The lowest BCUT2D eigenvalue weighted by Crippen LogP contribution is -2.18. The van der Waals surface area contributed by atoms with Crippen molar-refractivity contribution in [2.75, 3.05) is 12.4 Å². The number of halogens is 2. The van der Waals surface area contributed by atoms with E-state index >= 15 is 0 Å². The Hall–Kier alpha value is -2.57. The van der Waals surface area contributed by atoms with Crippen LogP contribution in [0.3, 0.4) is 0 Å². The third-order valence-electron chi connectivity index (χ3n) is 3.48. The molecular formula is C17H14Cl2N4O2. The minimum atomic E-state index is -0.327. The summed E-state index contributed by atoms with van der Waals surface area (Å²) in [7, 11) is 1.60. The Labute approximate surface area is 153 Å². The van der Waals surface area contributed by atoms with Crippen LogP contribution in [0.1, 0.15) is 11.3 Å². The van der Waals surface area contributed by atoms with Gasteiger partial charge in [-0.15, -0.1) is 10.2 Å². The molecule has 0 saturated carbocycles. The van der Waals surface area contributed by atoms with Crippen molar-refractivity contribution in [1.82, 2.24) is 15.2 Å². The molecule has 3 aromatic rings. The van der Waals surface area contributed by atoms with E-state index in [9.17, 15) is 4.79 Å². The van der Waals surface area contributed by atoms with E-state index in [4.69, 9.17) is 27.9 Å². The van der Waals surface area contributed by atoms with Gasteiger partial charge in [0.1, 0.15) is 11.4 Å². The molecule has 25 heavy (non-hydrogen) atoms. The second kappa shape index (κ2) is 7.55. The zero-order valence-corrected chi connectivity index (χ0v) is 14.7. The van der Waals surface area contributed by atoms with Gasteiger partial charge in [-0.2, -0.15) is 0 Å². The van der Waals surface area contributed by atoms with Crippen LogP contribution in [-0.4, -0.2) is 22.3 Å². The fourth-order valence-electron chi connectivity index (χ4n) is 2.19. The molecular weight excluding hydrogens is 363 g/mol. The Balaban J connectivity index is 1.78. The number of hydrogen-bond donors (Lipinski definition) is 2. The largest absolute Gasteiger partial charge is 0.497 e. The summed E-state index contributed by atoms with van der Waals surface area (Å²) >= 11 is 12.0. The normalized spacial score (nSPS) is 10.5. The summed E-state index contributed by atoms with van der Waals surface area (Å²) < 4.78 is 5.11. The molecule has 0 bridgehead atoms. The monoisotopic (exact) mass is 376 g/mol. The maximum atomic E-state index is 12.2. The SMILES string of the molecule is COc1ccc(Cc2nnc(Nc3cc(Cl)ccc3Cl)[nH]c2=O)cc1. The average molecular weight is 377 g/mol. The van der Waals surface area contributed by atoms with E-state index < -0.39 is 0 Å². The molecule has 1 heterocycles. The molecule has 2 aromatic carbocycles. The Bertz CT molecular complexity index is 942. The van der Waals surface area contributed by atoms with Crippen LogP contribution in [0.5, 0.6) is 5.75 Å². The average Bonchev–Trinajstić information content (AvgIpc) is 2.61. The van der Waals surface area contributed by atoms with Gasteiger partial charge in [0.15, 0.2) is 0 Å². The molecule has 0 aliphatic heterocycles. The number of methoxy groups -OCH3 is 1. The molecule has 1 aromatic heterocycles. The Morgan fingerprint density at radius 2 is 1.88 bits per heavy atom. The fourth-order valence-corrected chi connectivity index (χ4v) is 2.53. The molecule has 0 saturated heterocycles. The number of aromatic amines is 1. The molecule has 6 nitrogen and oxygen atoms in total. The lowest BCUT2D eigenvalue weighted by molar-refractivity contribution is 0.414. The first-order valence-electron chi connectivity index (χ1n) is 7.36. The summed E-state index contributed by atoms with van der Waals surface area (Å²) in [5.41, 5.74) is 1.44. The Morgan fingerprint density at radius 1 is 1.12 bits per heavy atom. The molecule has 128 valence electrons. The highest BCUT2D eigenvalue weighted by Crippen LogP contribution is 2.26. The summed E-state index contributed by atoms with van der Waals surface area (Å²) in [5, 5.41) is 11.9. The number of benzene rings is 2. The molecule has 0 amide bonds. The highest BCUT2D eigenvalue weighted by molar-refractivity contribution is 6.35. The first-order valence-corrected chi connectivity index (χ1v) is 8.11. The molecule has 2 N–H and O–H groups in total. The van der Waals surface area contributed by atoms with Crippen molar-refractivity contribution in [1.29, 1.82) is 0 Å². The second-order valence-corrected chi connectivity index (χ2v) is 6.07. The smallest absolute Gasteiger partial charge is 0.274 e. The number of ether oxygens (including phenoxy) is 1. The molecule has 0 unspecified atom stereocenters. The lowest BCUT2D eigenvalue weighted by Gasteiger charge is -2.08. The van der Waals surface area contributed by atoms with Crippen LogP contribution in [0.2, 0.25) is 10.0 Å². The minimum Gasteiger partial charge on any atom is -0.497 e. The van der Waals surface area contributed by atoms with E-state index in [0.29, 0.717) is 27.8 Å². The number of anilines is 2. The van der Waals surface area contributed by atoms with Gasteiger partial charge in [-0.1, -0.05) is 35.3 Å². The van der Waals surface area contributed by atoms with E-state index in [2.05, 4.69) is 20.5 Å². The third kappa shape index (κ3) is 4.29. The van der Waals surface area contributed by atoms with Gasteiger partial charge in [-0.05, 0) is 35.9 Å². The molecule has 3 rings (SSSR count). The van der Waals surface area contributed by atoms with Gasteiger partial charge in [0.25, 0.3) is 5.56 Å². The predicted molar refractivity (Wildman–Crippen MR) is 98.2 cm³/mol. The number of hydrogen-bond acceptors (Lipinski definition) is 5. The van der Waals surface area contributed by atoms with E-state index in [-0.39, 0.29) is 11.5 Å². The standard InChI is InChI=1S/C17H14Cl2N4O2/c1-25-12-5-2-10(3-6-12)8-15-16(24)21-17(23-22-15)20-14-9-11(18)4-7-13(14)19/h2-7,9H,8H2,1H3,(H2,20,21,23,24). The van der Waals surface area contributed by atoms with Crippen molar-refractivity contribution in [3.63, 3.8) is 0 Å². The molecule has 0 radical (unpaired) electrons. The zero-order chi connectivity index (χ0) is 17.8. The van der Waals surface area contributed by atoms with E-state index in [1.807, 2.05) is 24.3 Å². The second-order valence-electron chi connectivity index (χ2n) is 5.22. The third-order valence-corrected chi connectivity index (χ3v) is 4.04. The van der Waals surface area contributed by atoms with Gasteiger partial charge in [0, 0.05) is 11.4 Å². The fraction of sp³-hybridized carbons (Fsp3) is 0.118. The minimum absolute atomic E-state index is 0.188. The topological polar surface area (TPSA) is 79.9 Å². The highest BCUT2D eigenvalue weighted by atomic mass is 35.5. The van der Waals surface area contributed by atoms with Crippen LogP contribution in [0.25, 0.3) is 0 Å². The number of H-pyrrole nitrogens is 1. The summed E-state index contributed by atoms with van der Waals surface area (Å²) in [6.07, 6.45) is 0.366. The van der Waals surface area contributed by atoms with Gasteiger partial charge in [-0.25, -0.2) is 0 Å². The van der Waals surface area contributed by atoms with Crippen LogP contribution in [0.4, 0.5) is 11.6 Å². The summed E-state index contributed by atoms with van der Waals surface area (Å²) in [5.74, 6) is 0.939. The van der Waals surface area contributed by atoms with Gasteiger partial charge in [0.2, 0.25) is 5.95 Å². The maximum Gasteiger partial charge on any atom is 0.274 e. The quantitative estimate of drug-likeness (QED) is 0.707. The summed E-state index contributed by atoms with van der Waals surface area (Å²) in [6, 6.07) is 12.4. The van der Waals surface area contributed by atoms with Crippen LogP contribution in [0, 0.1) is 0 Å². The zero-order valence-electron chi connectivity index (χ0n) is 13.2. The number of rotatable bonds is 5. The molecule has 0 fully saturated rings. The van der Waals surface area contributed by atoms with E-state index in [0.717, 1.165) is 11.3 Å². The molecule has 0 spiro atoms. The lowest BCUT2D eigenvalue weighted by atomic mass is 10.1. The summed E-state index contributed by atoms with van der Waals surface area (Å²) in [6.45, 7) is 0. The molecule has 0 atom stereocenters. The number of nitrogens with one attached hydrogen (secondary N) is 2. The van der Waals surface area contributed by atoms with Gasteiger partial charge in [-0.3, -0.25) is 9.78 Å². The molecule has 0 aliphatic carbocycles. The van der Waals surface area contributed by atoms with Crippen LogP contribution in [0.15, 0.2) is 47.3 Å². The summed E-state index contributed by atoms with van der Waals surface area (Å²) in [4.78, 5) is 14.9. The van der Waals surface area contributed by atoms with Gasteiger partial charge < -0.3 is 10.1 Å². The van der Waals surface area contributed by atoms with Crippen molar-refractivity contribution in [3.8, 4) is 5.75 Å². The Morgan fingerprint density at radius 3 is 2.56 bits per heavy atom. The van der Waals surface area contributed by atoms with Crippen LogP contribution >= 0.6 is 23.2 Å². The van der Waals surface area contributed by atoms with Crippen LogP contribution in [-0.2, 0) is 6.42 Å². The Kier molecular flexibility index (Phi) is 5.21. The highest BCUT2D eigenvalue weighted by Gasteiger charge is 2.08. The molecule has 0 aliphatic rings. The van der Waals surface area contributed by atoms with Crippen molar-refractivity contribution in [2.24, 2.45) is 0 Å². The first-order chi connectivity index (χ1) is 12.0.